The number of likely N-dealkylation sites (tertiary alicyclic amines) is 1. The van der Waals surface area contributed by atoms with Gasteiger partial charge in [0.25, 0.3) is 0 Å². The summed E-state index contributed by atoms with van der Waals surface area (Å²) in [5.74, 6) is -1.91. The van der Waals surface area contributed by atoms with E-state index in [0.29, 0.717) is 18.2 Å². The van der Waals surface area contributed by atoms with Gasteiger partial charge in [-0.05, 0) is 38.0 Å². The molecule has 3 fully saturated rings. The highest BCUT2D eigenvalue weighted by Gasteiger charge is 2.40. The molecule has 4 rings (SSSR count). The molecule has 0 unspecified atom stereocenters. The van der Waals surface area contributed by atoms with E-state index in [0.717, 1.165) is 45.1 Å². The summed E-state index contributed by atoms with van der Waals surface area (Å²) < 4.78 is 43.8. The Balaban J connectivity index is 0.000000279. The molecular weight excluding hydrogens is 397 g/mol. The summed E-state index contributed by atoms with van der Waals surface area (Å²) in [4.78, 5) is 15.9. The normalized spacial score (nSPS) is 27.8. The van der Waals surface area contributed by atoms with Gasteiger partial charge >= 0.3 is 12.1 Å². The summed E-state index contributed by atoms with van der Waals surface area (Å²) in [6, 6.07) is 0.591. The monoisotopic (exact) mass is 422 g/mol. The molecule has 1 N–H and O–H groups in total. The van der Waals surface area contributed by atoms with Gasteiger partial charge in [-0.2, -0.15) is 13.2 Å². The van der Waals surface area contributed by atoms with E-state index in [1.807, 2.05) is 6.20 Å². The number of hydrogen-bond acceptors (Lipinski definition) is 6. The van der Waals surface area contributed by atoms with Crippen LogP contribution in [0.4, 0.5) is 13.2 Å². The van der Waals surface area contributed by atoms with Crippen molar-refractivity contribution in [1.29, 1.82) is 0 Å². The summed E-state index contributed by atoms with van der Waals surface area (Å²) in [5, 5.41) is 10.4. The van der Waals surface area contributed by atoms with Crippen molar-refractivity contribution in [3.05, 3.63) is 16.6 Å². The Hall–Kier alpha value is -1.23. The number of rotatable bonds is 6. The van der Waals surface area contributed by atoms with Gasteiger partial charge in [0, 0.05) is 30.8 Å². The summed E-state index contributed by atoms with van der Waals surface area (Å²) in [7, 11) is 0. The first-order chi connectivity index (χ1) is 13.3. The van der Waals surface area contributed by atoms with Crippen LogP contribution in [0.1, 0.15) is 37.1 Å². The van der Waals surface area contributed by atoms with Crippen molar-refractivity contribution in [3.8, 4) is 0 Å². The lowest BCUT2D eigenvalue weighted by Gasteiger charge is -2.35. The Morgan fingerprint density at radius 2 is 2.04 bits per heavy atom. The SMILES string of the molecule is O=C(O)C(F)(F)F.c1csc(CN2CC[C@@H]3O[C@@H](COCC4CC4)CC[C@@H]32)n1. The van der Waals surface area contributed by atoms with Crippen LogP contribution in [0.2, 0.25) is 0 Å². The molecule has 0 bridgehead atoms. The molecule has 158 valence electrons. The number of carboxylic acid groups (broad SMARTS) is 1. The topological polar surface area (TPSA) is 71.9 Å². The standard InChI is InChI=1S/C16H24N2O2S.C2HF3O2/c1-2-12(1)10-19-11-13-3-4-14-15(20-13)5-7-18(14)9-16-17-6-8-21-16;3-2(4,5)1(6)7/h6,8,12-15H,1-5,7,9-11H2;(H,6,7)/t13-,14+,15+;/m1./s1. The largest absolute Gasteiger partial charge is 0.490 e. The van der Waals surface area contributed by atoms with E-state index in [9.17, 15) is 13.2 Å². The van der Waals surface area contributed by atoms with E-state index in [1.54, 1.807) is 11.3 Å². The number of ether oxygens (including phenoxy) is 2. The third-order valence-corrected chi connectivity index (χ3v) is 5.93. The van der Waals surface area contributed by atoms with Crippen molar-refractivity contribution in [2.75, 3.05) is 19.8 Å². The molecule has 3 aliphatic rings. The maximum atomic E-state index is 10.6. The zero-order valence-electron chi connectivity index (χ0n) is 15.4. The van der Waals surface area contributed by atoms with Gasteiger partial charge in [0.05, 0.1) is 25.4 Å². The van der Waals surface area contributed by atoms with E-state index < -0.39 is 12.1 Å². The summed E-state index contributed by atoms with van der Waals surface area (Å²) in [6.07, 6.45) is 3.82. The van der Waals surface area contributed by atoms with Crippen LogP contribution in [-0.2, 0) is 20.8 Å². The Morgan fingerprint density at radius 3 is 2.64 bits per heavy atom. The quantitative estimate of drug-likeness (QED) is 0.758. The van der Waals surface area contributed by atoms with Crippen molar-refractivity contribution >= 4 is 17.3 Å². The fourth-order valence-corrected chi connectivity index (χ4v) is 4.20. The zero-order valence-corrected chi connectivity index (χ0v) is 16.3. The molecule has 3 heterocycles. The van der Waals surface area contributed by atoms with Gasteiger partial charge in [-0.1, -0.05) is 0 Å². The van der Waals surface area contributed by atoms with Gasteiger partial charge in [0.2, 0.25) is 0 Å². The van der Waals surface area contributed by atoms with Crippen molar-refractivity contribution in [2.24, 2.45) is 5.92 Å². The van der Waals surface area contributed by atoms with E-state index in [-0.39, 0.29) is 0 Å². The van der Waals surface area contributed by atoms with Gasteiger partial charge in [-0.15, -0.1) is 11.3 Å². The first-order valence-corrected chi connectivity index (χ1v) is 10.4. The Morgan fingerprint density at radius 1 is 1.29 bits per heavy atom. The Kier molecular flexibility index (Phi) is 7.30. The first-order valence-electron chi connectivity index (χ1n) is 9.48. The number of alkyl halides is 3. The van der Waals surface area contributed by atoms with Gasteiger partial charge in [0.15, 0.2) is 0 Å². The summed E-state index contributed by atoms with van der Waals surface area (Å²) in [6.45, 7) is 3.88. The number of aliphatic carboxylic acids is 1. The van der Waals surface area contributed by atoms with Crippen LogP contribution in [0.3, 0.4) is 0 Å². The molecule has 6 nitrogen and oxygen atoms in total. The smallest absolute Gasteiger partial charge is 0.475 e. The van der Waals surface area contributed by atoms with Crippen molar-refractivity contribution in [3.63, 3.8) is 0 Å². The van der Waals surface area contributed by atoms with Crippen LogP contribution >= 0.6 is 11.3 Å². The highest BCUT2D eigenvalue weighted by molar-refractivity contribution is 7.09. The fraction of sp³-hybridized carbons (Fsp3) is 0.778. The Labute approximate surface area is 165 Å². The predicted molar refractivity (Wildman–Crippen MR) is 96.1 cm³/mol. The molecule has 1 aromatic rings. The molecule has 1 aromatic heterocycles. The molecule has 3 atom stereocenters. The lowest BCUT2D eigenvalue weighted by molar-refractivity contribution is -0.192. The molecule has 1 aliphatic carbocycles. The Bertz CT molecular complexity index is 625. The van der Waals surface area contributed by atoms with Crippen molar-refractivity contribution in [2.45, 2.75) is 63.1 Å². The second-order valence-electron chi connectivity index (χ2n) is 7.41. The van der Waals surface area contributed by atoms with Crippen LogP contribution in [0.15, 0.2) is 11.6 Å². The van der Waals surface area contributed by atoms with E-state index >= 15 is 0 Å². The predicted octanol–water partition coefficient (Wildman–Crippen LogP) is 3.32. The third kappa shape index (κ3) is 6.40. The molecular formula is C18H25F3N2O4S. The molecule has 0 amide bonds. The highest BCUT2D eigenvalue weighted by atomic mass is 32.1. The number of hydrogen-bond donors (Lipinski definition) is 1. The number of fused-ring (bicyclic) bond motifs is 1. The second-order valence-corrected chi connectivity index (χ2v) is 8.39. The number of nitrogens with zero attached hydrogens (tertiary/aromatic N) is 2. The number of thiazole rings is 1. The van der Waals surface area contributed by atoms with Gasteiger partial charge in [-0.25, -0.2) is 9.78 Å². The highest BCUT2D eigenvalue weighted by Crippen LogP contribution is 2.33. The first kappa shape index (κ1) is 21.5. The minimum absolute atomic E-state index is 0.324. The van der Waals surface area contributed by atoms with Crippen LogP contribution < -0.4 is 0 Å². The van der Waals surface area contributed by atoms with Crippen LogP contribution in [-0.4, -0.2) is 65.1 Å². The molecule has 0 radical (unpaired) electrons. The lowest BCUT2D eigenvalue weighted by atomic mass is 9.99. The van der Waals surface area contributed by atoms with Crippen LogP contribution in [0.5, 0.6) is 0 Å². The second kappa shape index (κ2) is 9.51. The maximum absolute atomic E-state index is 10.6. The zero-order chi connectivity index (χ0) is 20.1. The number of aromatic nitrogens is 1. The summed E-state index contributed by atoms with van der Waals surface area (Å²) in [5.41, 5.74) is 0. The summed E-state index contributed by atoms with van der Waals surface area (Å²) >= 11 is 1.76. The molecule has 2 saturated heterocycles. The number of carbonyl (C=O) groups is 1. The minimum atomic E-state index is -5.08. The minimum Gasteiger partial charge on any atom is -0.475 e. The maximum Gasteiger partial charge on any atom is 0.490 e. The molecule has 2 aliphatic heterocycles. The molecule has 1 saturated carbocycles. The number of halogens is 3. The molecule has 28 heavy (non-hydrogen) atoms. The molecule has 0 aromatic carbocycles. The average Bonchev–Trinajstić information content (AvgIpc) is 3.16. The molecule has 10 heteroatoms. The van der Waals surface area contributed by atoms with Gasteiger partial charge in [0.1, 0.15) is 5.01 Å². The van der Waals surface area contributed by atoms with Crippen LogP contribution in [0.25, 0.3) is 0 Å². The fourth-order valence-electron chi connectivity index (χ4n) is 3.56. The van der Waals surface area contributed by atoms with E-state index in [1.165, 1.54) is 24.3 Å². The van der Waals surface area contributed by atoms with E-state index in [2.05, 4.69) is 15.3 Å². The van der Waals surface area contributed by atoms with Gasteiger partial charge < -0.3 is 14.6 Å². The average molecular weight is 422 g/mol. The third-order valence-electron chi connectivity index (χ3n) is 5.17. The number of carboxylic acids is 1. The van der Waals surface area contributed by atoms with E-state index in [4.69, 9.17) is 19.4 Å². The lowest BCUT2D eigenvalue weighted by Crippen LogP contribution is -2.43. The van der Waals surface area contributed by atoms with Crippen LogP contribution in [0, 0.1) is 5.92 Å². The molecule has 0 spiro atoms. The van der Waals surface area contributed by atoms with Crippen molar-refractivity contribution < 1.29 is 32.5 Å². The van der Waals surface area contributed by atoms with Gasteiger partial charge in [-0.3, -0.25) is 4.90 Å². The van der Waals surface area contributed by atoms with Crippen molar-refractivity contribution in [1.82, 2.24) is 9.88 Å².